The van der Waals surface area contributed by atoms with Crippen molar-refractivity contribution in [2.24, 2.45) is 0 Å². The van der Waals surface area contributed by atoms with Crippen molar-refractivity contribution in [3.05, 3.63) is 59.5 Å². The first-order valence-electron chi connectivity index (χ1n) is 9.89. The largest absolute Gasteiger partial charge is 0.417 e. The maximum absolute atomic E-state index is 13.1. The number of hydrogen-bond donors (Lipinski definition) is 2. The van der Waals surface area contributed by atoms with Gasteiger partial charge < -0.3 is 4.90 Å². The number of nitrogens with zero attached hydrogens (tertiary/aromatic N) is 2. The zero-order chi connectivity index (χ0) is 22.4. The van der Waals surface area contributed by atoms with Crippen LogP contribution < -0.4 is 10.9 Å². The number of thioether (sulfide) groups is 1. The van der Waals surface area contributed by atoms with Gasteiger partial charge in [-0.25, -0.2) is 9.37 Å². The molecule has 1 aliphatic rings. The van der Waals surface area contributed by atoms with Crippen LogP contribution in [0.2, 0.25) is 0 Å². The quantitative estimate of drug-likeness (QED) is 0.461. The molecular weight excluding hydrogens is 432 g/mol. The van der Waals surface area contributed by atoms with Crippen molar-refractivity contribution < 1.29 is 22.4 Å². The number of hydrogen-bond acceptors (Lipinski definition) is 5. The van der Waals surface area contributed by atoms with E-state index in [0.29, 0.717) is 11.6 Å². The van der Waals surface area contributed by atoms with Crippen molar-refractivity contribution in [3.8, 4) is 0 Å². The number of nitrogens with one attached hydrogen (secondary N) is 2. The van der Waals surface area contributed by atoms with Gasteiger partial charge in [-0.1, -0.05) is 23.9 Å². The number of carbonyl (C=O) groups excluding carboxylic acids is 1. The molecule has 1 amide bonds. The van der Waals surface area contributed by atoms with Crippen LogP contribution in [0.3, 0.4) is 0 Å². The molecule has 0 saturated carbocycles. The molecule has 1 aromatic heterocycles. The average Bonchev–Trinajstić information content (AvgIpc) is 3.21. The molecule has 1 aromatic carbocycles. The average molecular weight is 457 g/mol. The Morgan fingerprint density at radius 3 is 2.58 bits per heavy atom. The third-order valence-electron chi connectivity index (χ3n) is 5.13. The van der Waals surface area contributed by atoms with Crippen molar-refractivity contribution in [1.82, 2.24) is 20.7 Å². The van der Waals surface area contributed by atoms with Gasteiger partial charge in [-0.2, -0.15) is 13.2 Å². The molecule has 2 atom stereocenters. The molecule has 0 aliphatic carbocycles. The first-order chi connectivity index (χ1) is 14.7. The molecule has 0 radical (unpaired) electrons. The van der Waals surface area contributed by atoms with E-state index in [2.05, 4.69) is 15.8 Å². The lowest BCUT2D eigenvalue weighted by Gasteiger charge is -2.18. The molecule has 2 aromatic rings. The number of pyridine rings is 1. The van der Waals surface area contributed by atoms with Gasteiger partial charge >= 0.3 is 6.18 Å². The number of benzene rings is 1. The van der Waals surface area contributed by atoms with E-state index in [1.807, 2.05) is 0 Å². The van der Waals surface area contributed by atoms with Crippen molar-refractivity contribution in [1.29, 1.82) is 0 Å². The summed E-state index contributed by atoms with van der Waals surface area (Å²) in [5, 5.41) is 0.378. The Hall–Kier alpha value is -2.17. The number of hydrazine groups is 1. The van der Waals surface area contributed by atoms with Crippen LogP contribution in [0.15, 0.2) is 47.6 Å². The highest BCUT2D eigenvalue weighted by Gasteiger charge is 2.30. The smallest absolute Gasteiger partial charge is 0.345 e. The molecule has 1 saturated heterocycles. The van der Waals surface area contributed by atoms with Crippen LogP contribution in [-0.4, -0.2) is 41.2 Å². The van der Waals surface area contributed by atoms with Crippen molar-refractivity contribution in [3.63, 3.8) is 0 Å². The van der Waals surface area contributed by atoms with E-state index in [-0.39, 0.29) is 29.6 Å². The zero-order valence-electron chi connectivity index (χ0n) is 17.0. The molecule has 31 heavy (non-hydrogen) atoms. The summed E-state index contributed by atoms with van der Waals surface area (Å²) in [4.78, 5) is 17.7. The third kappa shape index (κ3) is 6.91. The van der Waals surface area contributed by atoms with Crippen LogP contribution in [0.25, 0.3) is 0 Å². The molecule has 2 N–H and O–H groups in total. The molecule has 0 spiro atoms. The number of halogens is 4. The second-order valence-corrected chi connectivity index (χ2v) is 8.45. The molecule has 10 heteroatoms. The Balaban J connectivity index is 1.35. The summed E-state index contributed by atoms with van der Waals surface area (Å²) >= 11 is 1.12. The first-order valence-corrected chi connectivity index (χ1v) is 10.9. The molecule has 1 fully saturated rings. The summed E-state index contributed by atoms with van der Waals surface area (Å²) in [5.41, 5.74) is 6.68. The fourth-order valence-corrected chi connectivity index (χ4v) is 4.09. The maximum atomic E-state index is 13.1. The molecule has 3 rings (SSSR count). The Kier molecular flexibility index (Phi) is 7.90. The fourth-order valence-electron chi connectivity index (χ4n) is 3.30. The van der Waals surface area contributed by atoms with Crippen LogP contribution in [0.5, 0.6) is 0 Å². The molecule has 168 valence electrons. The number of amides is 1. The predicted octanol–water partition coefficient (Wildman–Crippen LogP) is 4.18. The number of aromatic nitrogens is 1. The molecular formula is C21H24F4N4OS. The van der Waals surface area contributed by atoms with Crippen molar-refractivity contribution >= 4 is 17.7 Å². The molecule has 2 unspecified atom stereocenters. The first kappa shape index (κ1) is 23.5. The highest BCUT2D eigenvalue weighted by atomic mass is 32.2. The zero-order valence-corrected chi connectivity index (χ0v) is 17.8. The van der Waals surface area contributed by atoms with Gasteiger partial charge in [0.15, 0.2) is 0 Å². The monoisotopic (exact) mass is 456 g/mol. The lowest BCUT2D eigenvalue weighted by molar-refractivity contribution is -0.138. The minimum atomic E-state index is -4.42. The van der Waals surface area contributed by atoms with Crippen molar-refractivity contribution in [2.45, 2.75) is 42.5 Å². The minimum Gasteiger partial charge on any atom is -0.345 e. The van der Waals surface area contributed by atoms with E-state index >= 15 is 0 Å². The van der Waals surface area contributed by atoms with E-state index < -0.39 is 11.7 Å². The van der Waals surface area contributed by atoms with Gasteiger partial charge in [-0.05, 0) is 49.1 Å². The highest BCUT2D eigenvalue weighted by molar-refractivity contribution is 7.99. The van der Waals surface area contributed by atoms with Crippen LogP contribution in [-0.2, 0) is 11.0 Å². The maximum Gasteiger partial charge on any atom is 0.417 e. The normalized spacial score (nSPS) is 18.9. The van der Waals surface area contributed by atoms with Crippen LogP contribution in [0.4, 0.5) is 17.6 Å². The van der Waals surface area contributed by atoms with E-state index in [1.54, 1.807) is 24.1 Å². The van der Waals surface area contributed by atoms with Gasteiger partial charge in [0.1, 0.15) is 5.82 Å². The van der Waals surface area contributed by atoms with E-state index in [4.69, 9.17) is 0 Å². The summed E-state index contributed by atoms with van der Waals surface area (Å²) in [5.74, 6) is -0.246. The van der Waals surface area contributed by atoms with Gasteiger partial charge in [0.05, 0.1) is 16.3 Å². The standard InChI is InChI=1S/C21H24F4N4OS/c1-29(20(30)13-31-19-9-6-15(12-26-19)21(23,24)25)10-2-3-17-11-18(28-27-17)14-4-7-16(22)8-5-14/h4-9,12,17-18,27-28H,2-3,10-11,13H2,1H3. The second kappa shape index (κ2) is 10.4. The topological polar surface area (TPSA) is 57.3 Å². The summed E-state index contributed by atoms with van der Waals surface area (Å²) in [7, 11) is 1.71. The lowest BCUT2D eigenvalue weighted by Crippen LogP contribution is -2.33. The molecule has 2 heterocycles. The van der Waals surface area contributed by atoms with Crippen molar-refractivity contribution in [2.75, 3.05) is 19.3 Å². The summed E-state index contributed by atoms with van der Waals surface area (Å²) < 4.78 is 50.7. The van der Waals surface area contributed by atoms with Gasteiger partial charge in [-0.15, -0.1) is 0 Å². The summed E-state index contributed by atoms with van der Waals surface area (Å²) in [6.45, 7) is 0.583. The number of carbonyl (C=O) groups is 1. The summed E-state index contributed by atoms with van der Waals surface area (Å²) in [6.07, 6.45) is -1.09. The number of rotatable bonds is 8. The Bertz CT molecular complexity index is 861. The number of alkyl halides is 3. The Morgan fingerprint density at radius 2 is 1.94 bits per heavy atom. The SMILES string of the molecule is CN(CCCC1CC(c2ccc(F)cc2)NN1)C(=O)CSc1ccc(C(F)(F)F)cn1. The van der Waals surface area contributed by atoms with Gasteiger partial charge in [-0.3, -0.25) is 15.6 Å². The summed E-state index contributed by atoms with van der Waals surface area (Å²) in [6, 6.07) is 9.05. The predicted molar refractivity (Wildman–Crippen MR) is 111 cm³/mol. The van der Waals surface area contributed by atoms with Gasteiger partial charge in [0.2, 0.25) is 5.91 Å². The van der Waals surface area contributed by atoms with Crippen LogP contribution >= 0.6 is 11.8 Å². The minimum absolute atomic E-state index is 0.103. The van der Waals surface area contributed by atoms with E-state index in [0.717, 1.165) is 48.9 Å². The molecule has 0 bridgehead atoms. The Morgan fingerprint density at radius 1 is 1.19 bits per heavy atom. The fraction of sp³-hybridized carbons (Fsp3) is 0.429. The van der Waals surface area contributed by atoms with E-state index in [1.165, 1.54) is 18.2 Å². The highest BCUT2D eigenvalue weighted by Crippen LogP contribution is 2.29. The third-order valence-corrected chi connectivity index (χ3v) is 6.06. The van der Waals surface area contributed by atoms with E-state index in [9.17, 15) is 22.4 Å². The Labute approximate surface area is 182 Å². The molecule has 5 nitrogen and oxygen atoms in total. The van der Waals surface area contributed by atoms with Crippen LogP contribution in [0.1, 0.15) is 36.4 Å². The molecule has 1 aliphatic heterocycles. The van der Waals surface area contributed by atoms with Gasteiger partial charge in [0.25, 0.3) is 0 Å². The second-order valence-electron chi connectivity index (χ2n) is 7.45. The van der Waals surface area contributed by atoms with Crippen LogP contribution in [0, 0.1) is 5.82 Å². The van der Waals surface area contributed by atoms with Gasteiger partial charge in [0, 0.05) is 31.9 Å². The lowest BCUT2D eigenvalue weighted by atomic mass is 10.00.